The van der Waals surface area contributed by atoms with Crippen molar-refractivity contribution in [3.05, 3.63) is 23.4 Å². The summed E-state index contributed by atoms with van der Waals surface area (Å²) in [6, 6.07) is 3.68. The molecule has 0 bridgehead atoms. The van der Waals surface area contributed by atoms with Gasteiger partial charge in [-0.2, -0.15) is 0 Å². The van der Waals surface area contributed by atoms with E-state index >= 15 is 0 Å². The van der Waals surface area contributed by atoms with Crippen LogP contribution in [-0.4, -0.2) is 17.6 Å². The molecule has 0 aliphatic heterocycles. The van der Waals surface area contributed by atoms with Crippen molar-refractivity contribution in [2.75, 3.05) is 0 Å². The zero-order valence-electron chi connectivity index (χ0n) is 9.28. The van der Waals surface area contributed by atoms with E-state index in [4.69, 9.17) is 5.84 Å². The van der Waals surface area contributed by atoms with E-state index in [0.717, 1.165) is 36.8 Å². The van der Waals surface area contributed by atoms with E-state index in [1.165, 1.54) is 6.34 Å². The number of carbonyl (C=O) groups excluding carboxylic acids is 1. The highest BCUT2D eigenvalue weighted by Crippen LogP contribution is 2.30. The van der Waals surface area contributed by atoms with Crippen molar-refractivity contribution in [3.8, 4) is 0 Å². The zero-order chi connectivity index (χ0) is 12.1. The predicted octanol–water partition coefficient (Wildman–Crippen LogP) is 1.69. The summed E-state index contributed by atoms with van der Waals surface area (Å²) in [4.78, 5) is 19.3. The summed E-state index contributed by atoms with van der Waals surface area (Å²) in [5.74, 6) is 5.39. The number of rotatable bonds is 3. The molecule has 0 saturated carbocycles. The lowest BCUT2D eigenvalue weighted by Crippen LogP contribution is -2.12. The van der Waals surface area contributed by atoms with Crippen molar-refractivity contribution in [3.63, 3.8) is 0 Å². The minimum absolute atomic E-state index is 0.0204. The second-order valence-electron chi connectivity index (χ2n) is 3.82. The molecule has 17 heavy (non-hydrogen) atoms. The van der Waals surface area contributed by atoms with Gasteiger partial charge in [0.1, 0.15) is 12.6 Å². The van der Waals surface area contributed by atoms with Gasteiger partial charge in [0.15, 0.2) is 5.82 Å². The normalized spacial score (nSPS) is 19.6. The van der Waals surface area contributed by atoms with Crippen molar-refractivity contribution in [1.29, 1.82) is 0 Å². The molecular weight excluding hydrogens is 218 g/mol. The van der Waals surface area contributed by atoms with Crippen LogP contribution in [0.5, 0.6) is 0 Å². The molecule has 0 aromatic carbocycles. The number of aryl methyl sites for hydroxylation is 1. The van der Waals surface area contributed by atoms with Crippen molar-refractivity contribution >= 4 is 18.4 Å². The van der Waals surface area contributed by atoms with Crippen LogP contribution in [0.25, 0.3) is 0 Å². The second kappa shape index (κ2) is 5.29. The third kappa shape index (κ3) is 2.52. The summed E-state index contributed by atoms with van der Waals surface area (Å²) in [6.45, 7) is 0. The fraction of sp³-hybridized carbons (Fsp3) is 0.364. The molecule has 1 heterocycles. The van der Waals surface area contributed by atoms with Gasteiger partial charge in [0.25, 0.3) is 0 Å². The van der Waals surface area contributed by atoms with Gasteiger partial charge in [-0.15, -0.1) is 5.11 Å². The number of hydrogen-bond donors (Lipinski definition) is 1. The first-order valence-corrected chi connectivity index (χ1v) is 5.43. The van der Waals surface area contributed by atoms with Gasteiger partial charge in [0.2, 0.25) is 0 Å². The molecule has 2 rings (SSSR count). The fourth-order valence-corrected chi connectivity index (χ4v) is 2.01. The smallest absolute Gasteiger partial charge is 0.154 e. The lowest BCUT2D eigenvalue weighted by Gasteiger charge is -2.20. The maximum atomic E-state index is 10.9. The van der Waals surface area contributed by atoms with Crippen LogP contribution < -0.4 is 5.84 Å². The van der Waals surface area contributed by atoms with Crippen LogP contribution in [0.3, 0.4) is 0 Å². The average Bonchev–Trinajstić information content (AvgIpc) is 2.38. The highest BCUT2D eigenvalue weighted by atomic mass is 16.1. The van der Waals surface area contributed by atoms with E-state index in [0.29, 0.717) is 5.82 Å². The summed E-state index contributed by atoms with van der Waals surface area (Å²) >= 11 is 0. The number of pyridine rings is 1. The number of nitrogens with zero attached hydrogens (tertiary/aromatic N) is 4. The Morgan fingerprint density at radius 3 is 3.12 bits per heavy atom. The third-order valence-electron chi connectivity index (χ3n) is 2.80. The van der Waals surface area contributed by atoms with E-state index < -0.39 is 0 Å². The molecule has 0 spiro atoms. The van der Waals surface area contributed by atoms with Crippen LogP contribution in [0, 0.1) is 0 Å². The monoisotopic (exact) mass is 231 g/mol. The molecule has 6 heteroatoms. The van der Waals surface area contributed by atoms with Crippen molar-refractivity contribution in [2.45, 2.75) is 25.2 Å². The highest BCUT2D eigenvalue weighted by Gasteiger charge is 2.20. The topological polar surface area (TPSA) is 93.1 Å². The van der Waals surface area contributed by atoms with Crippen molar-refractivity contribution in [2.24, 2.45) is 21.2 Å². The van der Waals surface area contributed by atoms with Crippen molar-refractivity contribution in [1.82, 2.24) is 4.98 Å². The predicted molar refractivity (Wildman–Crippen MR) is 63.2 cm³/mol. The van der Waals surface area contributed by atoms with Crippen LogP contribution in [-0.2, 0) is 11.2 Å². The Morgan fingerprint density at radius 2 is 2.35 bits per heavy atom. The number of aromatic nitrogens is 1. The van der Waals surface area contributed by atoms with Gasteiger partial charge in [-0.05, 0) is 30.9 Å². The van der Waals surface area contributed by atoms with E-state index in [1.807, 2.05) is 6.07 Å². The van der Waals surface area contributed by atoms with E-state index in [9.17, 15) is 4.79 Å². The highest BCUT2D eigenvalue weighted by molar-refractivity contribution is 5.64. The maximum Gasteiger partial charge on any atom is 0.154 e. The molecule has 1 aromatic heterocycles. The second-order valence-corrected chi connectivity index (χ2v) is 3.82. The van der Waals surface area contributed by atoms with Gasteiger partial charge < -0.3 is 10.6 Å². The zero-order valence-corrected chi connectivity index (χ0v) is 9.28. The summed E-state index contributed by atoms with van der Waals surface area (Å²) in [5, 5.41) is 6.49. The first kappa shape index (κ1) is 11.4. The minimum Gasteiger partial charge on any atom is -0.305 e. The molecule has 1 atom stereocenters. The standard InChI is InChI=1S/C11H13N5O/c12-16-14-7-13-11-5-4-9-8(6-17)2-1-3-10(9)15-11/h4-8H,1-3H2,(H2,12,13,14,15). The third-order valence-corrected chi connectivity index (χ3v) is 2.80. The first-order chi connectivity index (χ1) is 8.35. The van der Waals surface area contributed by atoms with Crippen LogP contribution >= 0.6 is 0 Å². The Labute approximate surface area is 98.6 Å². The number of aldehydes is 1. The Morgan fingerprint density at radius 1 is 1.47 bits per heavy atom. The van der Waals surface area contributed by atoms with Gasteiger partial charge in [0, 0.05) is 11.6 Å². The number of nitrogens with two attached hydrogens (primary N) is 1. The van der Waals surface area contributed by atoms with Crippen LogP contribution in [0.2, 0.25) is 0 Å². The van der Waals surface area contributed by atoms with E-state index in [-0.39, 0.29) is 5.92 Å². The lowest BCUT2D eigenvalue weighted by molar-refractivity contribution is -0.109. The average molecular weight is 231 g/mol. The summed E-state index contributed by atoms with van der Waals surface area (Å²) in [6.07, 6.45) is 5.02. The Kier molecular flexibility index (Phi) is 3.54. The number of fused-ring (bicyclic) bond motifs is 1. The summed E-state index contributed by atoms with van der Waals surface area (Å²) in [7, 11) is 0. The van der Waals surface area contributed by atoms with Gasteiger partial charge in [-0.3, -0.25) is 0 Å². The molecule has 0 fully saturated rings. The maximum absolute atomic E-state index is 10.9. The van der Waals surface area contributed by atoms with Crippen molar-refractivity contribution < 1.29 is 4.79 Å². The number of aliphatic imine (C=N–C) groups is 1. The van der Waals surface area contributed by atoms with Gasteiger partial charge >= 0.3 is 0 Å². The Bertz CT molecular complexity index is 469. The van der Waals surface area contributed by atoms with Gasteiger partial charge in [-0.1, -0.05) is 11.3 Å². The lowest BCUT2D eigenvalue weighted by atomic mass is 9.87. The van der Waals surface area contributed by atoms with E-state index in [1.54, 1.807) is 6.07 Å². The fourth-order valence-electron chi connectivity index (χ4n) is 2.01. The minimum atomic E-state index is -0.0204. The van der Waals surface area contributed by atoms with Crippen LogP contribution in [0.15, 0.2) is 27.5 Å². The summed E-state index contributed by atoms with van der Waals surface area (Å²) < 4.78 is 0. The largest absolute Gasteiger partial charge is 0.305 e. The Balaban J connectivity index is 2.27. The van der Waals surface area contributed by atoms with Gasteiger partial charge in [0.05, 0.1) is 0 Å². The summed E-state index contributed by atoms with van der Waals surface area (Å²) in [5.41, 5.74) is 1.97. The molecule has 1 aliphatic carbocycles. The molecule has 1 unspecified atom stereocenters. The molecule has 6 nitrogen and oxygen atoms in total. The number of carbonyl (C=O) groups is 1. The number of hydrogen-bond acceptors (Lipinski definition) is 4. The van der Waals surface area contributed by atoms with Gasteiger partial charge in [-0.25, -0.2) is 9.98 Å². The Hall–Kier alpha value is -2.11. The van der Waals surface area contributed by atoms with E-state index in [2.05, 4.69) is 20.3 Å². The SMILES string of the molecule is NN=NC=Nc1ccc2c(n1)CCCC2C=O. The molecule has 0 amide bonds. The molecule has 2 N–H and O–H groups in total. The quantitative estimate of drug-likeness (QED) is 0.214. The molecule has 88 valence electrons. The first-order valence-electron chi connectivity index (χ1n) is 5.43. The van der Waals surface area contributed by atoms with Crippen LogP contribution in [0.1, 0.15) is 30.0 Å². The molecule has 0 saturated heterocycles. The molecular formula is C11H13N5O. The molecule has 1 aromatic rings. The molecule has 0 radical (unpaired) electrons. The molecule has 1 aliphatic rings. The van der Waals surface area contributed by atoms with Crippen LogP contribution in [0.4, 0.5) is 5.82 Å².